The van der Waals surface area contributed by atoms with Crippen molar-refractivity contribution in [1.82, 2.24) is 0 Å². The van der Waals surface area contributed by atoms with Gasteiger partial charge in [0.1, 0.15) is 17.0 Å². The summed E-state index contributed by atoms with van der Waals surface area (Å²) < 4.78 is 105. The number of hydrogen-bond donors (Lipinski definition) is 2. The molecule has 0 aliphatic heterocycles. The summed E-state index contributed by atoms with van der Waals surface area (Å²) in [6, 6.07) is 2.39. The summed E-state index contributed by atoms with van der Waals surface area (Å²) in [4.78, 5) is 24.2. The molecule has 0 saturated carbocycles. The first-order valence-electron chi connectivity index (χ1n) is 8.38. The van der Waals surface area contributed by atoms with Crippen LogP contribution in [-0.4, -0.2) is 11.8 Å². The largest absolute Gasteiger partial charge is 0.416 e. The summed E-state index contributed by atoms with van der Waals surface area (Å²) in [5.41, 5.74) is 3.98. The Bertz CT molecular complexity index is 933. The molecule has 0 aromatic heterocycles. The first-order chi connectivity index (χ1) is 14.0. The molecule has 31 heavy (non-hydrogen) atoms. The number of hydrogen-bond acceptors (Lipinski definition) is 2. The Morgan fingerprint density at radius 2 is 0.968 bits per heavy atom. The zero-order chi connectivity index (χ0) is 23.8. The van der Waals surface area contributed by atoms with Gasteiger partial charge in [-0.25, -0.2) is 8.78 Å². The van der Waals surface area contributed by atoms with Gasteiger partial charge < -0.3 is 11.5 Å². The third-order valence-corrected chi connectivity index (χ3v) is 4.52. The van der Waals surface area contributed by atoms with Crippen LogP contribution in [0.4, 0.5) is 35.1 Å². The molecule has 4 nitrogen and oxygen atoms in total. The summed E-state index contributed by atoms with van der Waals surface area (Å²) >= 11 is 0. The lowest BCUT2D eigenvalue weighted by atomic mass is 9.74. The predicted molar refractivity (Wildman–Crippen MR) is 91.0 cm³/mol. The van der Waals surface area contributed by atoms with E-state index in [1.54, 1.807) is 0 Å². The molecule has 0 unspecified atom stereocenters. The lowest BCUT2D eigenvalue weighted by Crippen LogP contribution is -2.51. The average Bonchev–Trinajstić information content (AvgIpc) is 2.58. The van der Waals surface area contributed by atoms with E-state index in [0.29, 0.717) is 24.3 Å². The molecule has 2 aromatic carbocycles. The number of rotatable bonds is 6. The van der Waals surface area contributed by atoms with Crippen molar-refractivity contribution in [2.24, 2.45) is 16.9 Å². The van der Waals surface area contributed by atoms with E-state index in [1.807, 2.05) is 0 Å². The average molecular weight is 454 g/mol. The maximum atomic E-state index is 13.7. The van der Waals surface area contributed by atoms with Gasteiger partial charge in [0.25, 0.3) is 0 Å². The van der Waals surface area contributed by atoms with Crippen molar-refractivity contribution < 1.29 is 44.7 Å². The van der Waals surface area contributed by atoms with Gasteiger partial charge >= 0.3 is 12.4 Å². The van der Waals surface area contributed by atoms with E-state index in [9.17, 15) is 44.7 Å². The van der Waals surface area contributed by atoms with Gasteiger partial charge in [-0.05, 0) is 60.4 Å². The zero-order valence-electron chi connectivity index (χ0n) is 15.4. The van der Waals surface area contributed by atoms with Crippen LogP contribution < -0.4 is 11.5 Å². The summed E-state index contributed by atoms with van der Waals surface area (Å²) in [6.07, 6.45) is -11.9. The first kappa shape index (κ1) is 24.1. The standard InChI is InChI=1S/C19H14F8N2O2/c20-13-3-9(1-11(5-13)18(22,23)24)7-17(15(28)30,16(29)31)8-10-2-12(19(25,26)27)6-14(21)4-10/h1-6H,7-8H2,(H2,28,30)(H2,29,31). The van der Waals surface area contributed by atoms with E-state index < -0.39 is 76.3 Å². The summed E-state index contributed by atoms with van der Waals surface area (Å²) in [7, 11) is 0. The number of carbonyl (C=O) groups is 2. The third-order valence-electron chi connectivity index (χ3n) is 4.52. The van der Waals surface area contributed by atoms with Gasteiger partial charge in [-0.1, -0.05) is 0 Å². The van der Waals surface area contributed by atoms with Crippen molar-refractivity contribution in [3.8, 4) is 0 Å². The SMILES string of the molecule is NC(=O)C(Cc1cc(F)cc(C(F)(F)F)c1)(Cc1cc(F)cc(C(F)(F)F)c1)C(N)=O. The van der Waals surface area contributed by atoms with Crippen LogP contribution in [0.5, 0.6) is 0 Å². The second kappa shape index (κ2) is 8.16. The molecule has 2 amide bonds. The van der Waals surface area contributed by atoms with E-state index in [1.165, 1.54) is 0 Å². The van der Waals surface area contributed by atoms with E-state index in [0.717, 1.165) is 0 Å². The highest BCUT2D eigenvalue weighted by Crippen LogP contribution is 2.35. The lowest BCUT2D eigenvalue weighted by molar-refractivity contribution is -0.139. The van der Waals surface area contributed by atoms with Crippen LogP contribution in [0.25, 0.3) is 0 Å². The molecule has 0 aliphatic carbocycles. The highest BCUT2D eigenvalue weighted by Gasteiger charge is 2.44. The van der Waals surface area contributed by atoms with Crippen molar-refractivity contribution in [3.05, 3.63) is 70.3 Å². The number of nitrogens with two attached hydrogens (primary N) is 2. The maximum Gasteiger partial charge on any atom is 0.416 e. The second-order valence-corrected chi connectivity index (χ2v) is 6.86. The normalized spacial score (nSPS) is 12.6. The highest BCUT2D eigenvalue weighted by atomic mass is 19.4. The first-order valence-corrected chi connectivity index (χ1v) is 8.38. The number of carbonyl (C=O) groups excluding carboxylic acids is 2. The molecule has 0 spiro atoms. The van der Waals surface area contributed by atoms with Crippen molar-refractivity contribution >= 4 is 11.8 Å². The molecular formula is C19H14F8N2O2. The molecule has 12 heteroatoms. The number of primary amides is 2. The highest BCUT2D eigenvalue weighted by molar-refractivity contribution is 6.04. The van der Waals surface area contributed by atoms with Gasteiger partial charge in [0, 0.05) is 0 Å². The summed E-state index contributed by atoms with van der Waals surface area (Å²) in [5, 5.41) is 0. The van der Waals surface area contributed by atoms with Crippen LogP contribution in [0.2, 0.25) is 0 Å². The smallest absolute Gasteiger partial charge is 0.369 e. The predicted octanol–water partition coefficient (Wildman–Crippen LogP) is 3.74. The fourth-order valence-corrected chi connectivity index (χ4v) is 3.06. The van der Waals surface area contributed by atoms with Gasteiger partial charge in [-0.15, -0.1) is 0 Å². The van der Waals surface area contributed by atoms with Gasteiger partial charge in [0.15, 0.2) is 0 Å². The Balaban J connectivity index is 2.58. The Hall–Kier alpha value is -3.18. The van der Waals surface area contributed by atoms with E-state index >= 15 is 0 Å². The minimum absolute atomic E-state index is 0.169. The molecule has 0 radical (unpaired) electrons. The van der Waals surface area contributed by atoms with Crippen molar-refractivity contribution in [2.75, 3.05) is 0 Å². The zero-order valence-corrected chi connectivity index (χ0v) is 15.4. The van der Waals surface area contributed by atoms with Gasteiger partial charge in [-0.3, -0.25) is 9.59 Å². The summed E-state index contributed by atoms with van der Waals surface area (Å²) in [5.74, 6) is -5.68. The van der Waals surface area contributed by atoms with Gasteiger partial charge in [0.05, 0.1) is 11.1 Å². The Morgan fingerprint density at radius 3 is 1.23 bits per heavy atom. The Labute approximate surface area is 169 Å². The maximum absolute atomic E-state index is 13.7. The monoisotopic (exact) mass is 454 g/mol. The fraction of sp³-hybridized carbons (Fsp3) is 0.263. The van der Waals surface area contributed by atoms with Crippen molar-refractivity contribution in [2.45, 2.75) is 25.2 Å². The minimum Gasteiger partial charge on any atom is -0.369 e. The van der Waals surface area contributed by atoms with Crippen LogP contribution in [-0.2, 0) is 34.8 Å². The molecule has 0 bridgehead atoms. The number of amides is 2. The van der Waals surface area contributed by atoms with Gasteiger partial charge in [-0.2, -0.15) is 26.3 Å². The second-order valence-electron chi connectivity index (χ2n) is 6.86. The third kappa shape index (κ3) is 5.50. The number of alkyl halides is 6. The molecule has 168 valence electrons. The quantitative estimate of drug-likeness (QED) is 0.515. The van der Waals surface area contributed by atoms with Crippen LogP contribution >= 0.6 is 0 Å². The molecule has 0 heterocycles. The van der Waals surface area contributed by atoms with Crippen LogP contribution in [0.3, 0.4) is 0 Å². The van der Waals surface area contributed by atoms with Crippen molar-refractivity contribution in [1.29, 1.82) is 0 Å². The van der Waals surface area contributed by atoms with E-state index in [4.69, 9.17) is 11.5 Å². The number of benzene rings is 2. The van der Waals surface area contributed by atoms with Crippen molar-refractivity contribution in [3.63, 3.8) is 0 Å². The van der Waals surface area contributed by atoms with Gasteiger partial charge in [0.2, 0.25) is 11.8 Å². The molecule has 0 fully saturated rings. The topological polar surface area (TPSA) is 86.2 Å². The number of halogens is 8. The molecular weight excluding hydrogens is 440 g/mol. The van der Waals surface area contributed by atoms with Crippen LogP contribution in [0, 0.1) is 17.0 Å². The fourth-order valence-electron chi connectivity index (χ4n) is 3.06. The van der Waals surface area contributed by atoms with Crippen LogP contribution in [0.1, 0.15) is 22.3 Å². The molecule has 2 rings (SSSR count). The molecule has 2 aromatic rings. The Kier molecular flexibility index (Phi) is 6.34. The van der Waals surface area contributed by atoms with E-state index in [-0.39, 0.29) is 12.1 Å². The molecule has 0 saturated heterocycles. The summed E-state index contributed by atoms with van der Waals surface area (Å²) in [6.45, 7) is 0. The lowest BCUT2D eigenvalue weighted by Gasteiger charge is -2.28. The molecule has 0 aliphatic rings. The van der Waals surface area contributed by atoms with Crippen LogP contribution in [0.15, 0.2) is 36.4 Å². The Morgan fingerprint density at radius 1 is 0.645 bits per heavy atom. The molecule has 4 N–H and O–H groups in total. The van der Waals surface area contributed by atoms with E-state index in [2.05, 4.69) is 0 Å². The molecule has 0 atom stereocenters. The minimum atomic E-state index is -4.97.